The molecular weight excluding hydrogens is 335 g/mol. The van der Waals surface area contributed by atoms with E-state index in [1.807, 2.05) is 46.8 Å². The van der Waals surface area contributed by atoms with Gasteiger partial charge in [-0.05, 0) is 57.6 Å². The van der Waals surface area contributed by atoms with Crippen molar-refractivity contribution in [2.75, 3.05) is 0 Å². The molecule has 0 aliphatic heterocycles. The molecular formula is C20H31O4P. The second-order valence-corrected chi connectivity index (χ2v) is 7.28. The molecule has 0 aliphatic rings. The maximum Gasteiger partial charge on any atom is 0.309 e. The molecule has 5 heteroatoms. The Morgan fingerprint density at radius 2 is 1.56 bits per heavy atom. The molecule has 0 aliphatic carbocycles. The lowest BCUT2D eigenvalue weighted by Gasteiger charge is -2.29. The van der Waals surface area contributed by atoms with Crippen LogP contribution in [0.5, 0.6) is 0 Å². The van der Waals surface area contributed by atoms with Crippen LogP contribution in [0.25, 0.3) is 0 Å². The highest BCUT2D eigenvalue weighted by Gasteiger charge is 2.35. The molecule has 0 saturated heterocycles. The molecule has 25 heavy (non-hydrogen) atoms. The highest BCUT2D eigenvalue weighted by Crippen LogP contribution is 2.33. The minimum atomic E-state index is -0.746. The number of rotatable bonds is 8. The average molecular weight is 366 g/mol. The van der Waals surface area contributed by atoms with Gasteiger partial charge in [-0.2, -0.15) is 0 Å². The topological polar surface area (TPSA) is 71.4 Å². The Hall–Kier alpha value is -1.54. The Morgan fingerprint density at radius 1 is 1.08 bits per heavy atom. The van der Waals surface area contributed by atoms with Crippen molar-refractivity contribution < 1.29 is 19.3 Å². The molecule has 1 atom stereocenters. The van der Waals surface area contributed by atoms with Crippen LogP contribution in [-0.4, -0.2) is 16.9 Å². The summed E-state index contributed by atoms with van der Waals surface area (Å²) in [5.41, 5.74) is 3.36. The monoisotopic (exact) mass is 366 g/mol. The normalized spacial score (nSPS) is 12.9. The van der Waals surface area contributed by atoms with E-state index in [-0.39, 0.29) is 11.7 Å². The molecule has 0 amide bonds. The third kappa shape index (κ3) is 6.36. The highest BCUT2D eigenvalue weighted by molar-refractivity contribution is 7.00. The lowest BCUT2D eigenvalue weighted by molar-refractivity contribution is -0.151. The molecule has 1 aromatic carbocycles. The van der Waals surface area contributed by atoms with Crippen molar-refractivity contribution in [1.29, 1.82) is 0 Å². The van der Waals surface area contributed by atoms with Crippen LogP contribution in [0.15, 0.2) is 12.1 Å². The van der Waals surface area contributed by atoms with Gasteiger partial charge >= 0.3 is 5.97 Å². The zero-order chi connectivity index (χ0) is 19.8. The minimum Gasteiger partial charge on any atom is -0.481 e. The van der Waals surface area contributed by atoms with E-state index in [2.05, 4.69) is 0 Å². The van der Waals surface area contributed by atoms with Crippen LogP contribution in [0.4, 0.5) is 0 Å². The van der Waals surface area contributed by atoms with Crippen LogP contribution in [0, 0.1) is 32.1 Å². The van der Waals surface area contributed by atoms with Crippen molar-refractivity contribution in [3.63, 3.8) is 0 Å². The number of hydrogen-bond donors (Lipinski definition) is 1. The maximum atomic E-state index is 12.5. The number of carbonyl (C=O) groups excluding carboxylic acids is 1. The van der Waals surface area contributed by atoms with Crippen LogP contribution in [0.3, 0.4) is 0 Å². The minimum absolute atomic E-state index is 0.0808. The van der Waals surface area contributed by atoms with E-state index in [0.29, 0.717) is 12.8 Å². The molecule has 1 aromatic rings. The molecule has 0 spiro atoms. The number of carbonyl (C=O) groups is 2. The largest absolute Gasteiger partial charge is 0.481 e. The summed E-state index contributed by atoms with van der Waals surface area (Å²) in [7, 11) is 1.72. The van der Waals surface area contributed by atoms with E-state index < -0.39 is 11.4 Å². The number of Topliss-reactive ketones (excluding diaryl/α,β-unsaturated/α-hetero) is 1. The quantitative estimate of drug-likeness (QED) is 0.370. The third-order valence-electron chi connectivity index (χ3n) is 5.07. The predicted octanol–water partition coefficient (Wildman–Crippen LogP) is 5.58. The molecule has 0 radical (unpaired) electrons. The van der Waals surface area contributed by atoms with Crippen molar-refractivity contribution in [3.8, 4) is 0 Å². The first-order valence-electron chi connectivity index (χ1n) is 8.64. The summed E-state index contributed by atoms with van der Waals surface area (Å²) in [4.78, 5) is 23.9. The van der Waals surface area contributed by atoms with Gasteiger partial charge in [-0.3, -0.25) is 14.2 Å². The van der Waals surface area contributed by atoms with Crippen molar-refractivity contribution in [3.05, 3.63) is 34.4 Å². The van der Waals surface area contributed by atoms with Crippen molar-refractivity contribution >= 4 is 20.9 Å². The number of ketones is 1. The first-order chi connectivity index (χ1) is 11.6. The standard InChI is InChI=1S/C20H30O3.HOP/c1-13(2)20(6,19(22)23)10-8-7-9-17(21)18-15(4)11-14(3)12-16(18)5;1-2/h11-13H,7-10H2,1-6H3,(H,22,23);2H. The summed E-state index contributed by atoms with van der Waals surface area (Å²) in [6.45, 7) is 11.7. The first-order valence-corrected chi connectivity index (χ1v) is 9.05. The van der Waals surface area contributed by atoms with Crippen LogP contribution >= 0.6 is 9.12 Å². The van der Waals surface area contributed by atoms with E-state index in [1.54, 1.807) is 16.0 Å². The SMILES string of the molecule is Cc1cc(C)c(C(=O)CCCCC(C)(C(=O)O)C(C)C)c(C)c1.O=P. The molecule has 1 N–H and O–H groups in total. The Kier molecular flexibility index (Phi) is 9.81. The number of benzene rings is 1. The number of carboxylic acid groups (broad SMARTS) is 1. The third-order valence-corrected chi connectivity index (χ3v) is 5.07. The van der Waals surface area contributed by atoms with Crippen LogP contribution in [-0.2, 0) is 9.36 Å². The molecule has 1 rings (SSSR count). The van der Waals surface area contributed by atoms with Gasteiger partial charge in [0.25, 0.3) is 0 Å². The number of aryl methyl sites for hydroxylation is 3. The van der Waals surface area contributed by atoms with Gasteiger partial charge in [-0.15, -0.1) is 0 Å². The summed E-state index contributed by atoms with van der Waals surface area (Å²) in [6.07, 6.45) is 2.59. The number of carboxylic acids is 1. The van der Waals surface area contributed by atoms with Crippen LogP contribution in [0.1, 0.15) is 73.5 Å². The summed E-state index contributed by atoms with van der Waals surface area (Å²) in [5.74, 6) is -0.497. The zero-order valence-corrected chi connectivity index (χ0v) is 17.2. The second-order valence-electron chi connectivity index (χ2n) is 7.28. The van der Waals surface area contributed by atoms with Gasteiger partial charge in [-0.1, -0.05) is 38.0 Å². The van der Waals surface area contributed by atoms with Gasteiger partial charge in [-0.25, -0.2) is 0 Å². The fourth-order valence-electron chi connectivity index (χ4n) is 3.17. The molecule has 140 valence electrons. The van der Waals surface area contributed by atoms with Crippen molar-refractivity contribution in [2.45, 2.75) is 67.2 Å². The summed E-state index contributed by atoms with van der Waals surface area (Å²) < 4.78 is 8.06. The molecule has 0 fully saturated rings. The molecule has 0 aromatic heterocycles. The van der Waals surface area contributed by atoms with E-state index in [1.165, 1.54) is 5.56 Å². The van der Waals surface area contributed by atoms with Gasteiger partial charge < -0.3 is 5.11 Å². The van der Waals surface area contributed by atoms with Gasteiger partial charge in [0.15, 0.2) is 5.78 Å². The molecule has 0 saturated carbocycles. The maximum absolute atomic E-state index is 12.5. The Labute approximate surface area is 153 Å². The van der Waals surface area contributed by atoms with E-state index in [0.717, 1.165) is 29.5 Å². The number of hydrogen-bond acceptors (Lipinski definition) is 3. The number of aliphatic carboxylic acids is 1. The predicted molar refractivity (Wildman–Crippen MR) is 103 cm³/mol. The lowest BCUT2D eigenvalue weighted by Crippen LogP contribution is -2.33. The van der Waals surface area contributed by atoms with E-state index >= 15 is 0 Å². The van der Waals surface area contributed by atoms with Crippen LogP contribution < -0.4 is 0 Å². The van der Waals surface area contributed by atoms with Gasteiger partial charge in [0, 0.05) is 12.0 Å². The molecule has 0 heterocycles. The van der Waals surface area contributed by atoms with E-state index in [9.17, 15) is 14.7 Å². The smallest absolute Gasteiger partial charge is 0.309 e. The first kappa shape index (κ1) is 23.5. The van der Waals surface area contributed by atoms with Crippen LogP contribution in [0.2, 0.25) is 0 Å². The summed E-state index contributed by atoms with van der Waals surface area (Å²) >= 11 is 0. The Bertz CT molecular complexity index is 587. The Balaban J connectivity index is 0.00000277. The average Bonchev–Trinajstić information content (AvgIpc) is 2.51. The fourth-order valence-corrected chi connectivity index (χ4v) is 3.17. The second kappa shape index (κ2) is 10.5. The van der Waals surface area contributed by atoms with Gasteiger partial charge in [0.2, 0.25) is 0 Å². The lowest BCUT2D eigenvalue weighted by atomic mass is 9.75. The van der Waals surface area contributed by atoms with Gasteiger partial charge in [0.05, 0.1) is 5.41 Å². The molecule has 0 bridgehead atoms. The highest BCUT2D eigenvalue weighted by atomic mass is 31.0. The fraction of sp³-hybridized carbons (Fsp3) is 0.600. The summed E-state index contributed by atoms with van der Waals surface area (Å²) in [6, 6.07) is 4.08. The summed E-state index contributed by atoms with van der Waals surface area (Å²) in [5, 5.41) is 9.42. The Morgan fingerprint density at radius 3 is 1.96 bits per heavy atom. The zero-order valence-electron chi connectivity index (χ0n) is 16.2. The van der Waals surface area contributed by atoms with Crippen molar-refractivity contribution in [2.24, 2.45) is 11.3 Å². The molecule has 1 unspecified atom stereocenters. The molecule has 4 nitrogen and oxygen atoms in total. The van der Waals surface area contributed by atoms with Crippen molar-refractivity contribution in [1.82, 2.24) is 0 Å². The van der Waals surface area contributed by atoms with E-state index in [4.69, 9.17) is 4.57 Å². The number of unbranched alkanes of at least 4 members (excludes halogenated alkanes) is 1. The van der Waals surface area contributed by atoms with Gasteiger partial charge in [0.1, 0.15) is 9.12 Å².